The van der Waals surface area contributed by atoms with Crippen LogP contribution in [0.1, 0.15) is 31.7 Å². The summed E-state index contributed by atoms with van der Waals surface area (Å²) in [5, 5.41) is 1.13. The highest BCUT2D eigenvalue weighted by atomic mass is 32.2. The van der Waals surface area contributed by atoms with Gasteiger partial charge in [-0.1, -0.05) is 42.8 Å². The van der Waals surface area contributed by atoms with Crippen LogP contribution in [-0.2, 0) is 9.84 Å². The van der Waals surface area contributed by atoms with Crippen molar-refractivity contribution in [3.63, 3.8) is 0 Å². The lowest BCUT2D eigenvalue weighted by Crippen LogP contribution is -2.29. The number of aromatic nitrogens is 3. The third-order valence-electron chi connectivity index (χ3n) is 4.93. The van der Waals surface area contributed by atoms with E-state index in [-0.39, 0.29) is 15.8 Å². The van der Waals surface area contributed by atoms with Crippen LogP contribution < -0.4 is 5.56 Å². The van der Waals surface area contributed by atoms with Crippen molar-refractivity contribution in [1.82, 2.24) is 14.5 Å². The Morgan fingerprint density at radius 1 is 1.15 bits per heavy atom. The van der Waals surface area contributed by atoms with Gasteiger partial charge in [-0.25, -0.2) is 18.4 Å². The van der Waals surface area contributed by atoms with Crippen LogP contribution in [0, 0.1) is 0 Å². The summed E-state index contributed by atoms with van der Waals surface area (Å²) in [5.41, 5.74) is 0.0160. The molecule has 8 heteroatoms. The largest absolute Gasteiger partial charge is 0.288 e. The summed E-state index contributed by atoms with van der Waals surface area (Å²) in [4.78, 5) is 22.0. The van der Waals surface area contributed by atoms with Crippen LogP contribution in [0.15, 0.2) is 62.3 Å². The van der Waals surface area contributed by atoms with Gasteiger partial charge in [0.25, 0.3) is 5.56 Å². The molecule has 0 amide bonds. The van der Waals surface area contributed by atoms with Crippen LogP contribution in [0.4, 0.5) is 0 Å². The number of rotatable bonds is 4. The van der Waals surface area contributed by atoms with Crippen molar-refractivity contribution in [3.05, 3.63) is 52.9 Å². The van der Waals surface area contributed by atoms with Gasteiger partial charge < -0.3 is 0 Å². The first kappa shape index (κ1) is 18.2. The number of sulfone groups is 1. The maximum atomic E-state index is 13.3. The van der Waals surface area contributed by atoms with E-state index in [4.69, 9.17) is 0 Å². The molecule has 0 atom stereocenters. The molecule has 0 unspecified atom stereocenters. The van der Waals surface area contributed by atoms with E-state index in [1.165, 1.54) is 30.0 Å². The van der Waals surface area contributed by atoms with Crippen molar-refractivity contribution >= 4 is 32.6 Å². The van der Waals surface area contributed by atoms with Gasteiger partial charge in [-0.05, 0) is 37.3 Å². The quantitative estimate of drug-likeness (QED) is 0.492. The molecule has 1 aromatic carbocycles. The molecule has 0 radical (unpaired) electrons. The van der Waals surface area contributed by atoms with Crippen LogP contribution in [0.5, 0.6) is 0 Å². The predicted molar refractivity (Wildman–Crippen MR) is 105 cm³/mol. The van der Waals surface area contributed by atoms with Crippen LogP contribution in [0.25, 0.3) is 11.0 Å². The molecule has 140 valence electrons. The van der Waals surface area contributed by atoms with Gasteiger partial charge in [0.15, 0.2) is 5.16 Å². The summed E-state index contributed by atoms with van der Waals surface area (Å²) in [7, 11) is -3.92. The highest BCUT2D eigenvalue weighted by Gasteiger charge is 2.28. The number of fused-ring (bicyclic) bond motifs is 1. The molecule has 2 heterocycles. The van der Waals surface area contributed by atoms with E-state index in [0.29, 0.717) is 16.2 Å². The second kappa shape index (κ2) is 7.09. The van der Waals surface area contributed by atoms with Crippen LogP contribution in [-0.4, -0.2) is 29.2 Å². The Bertz CT molecular complexity index is 1150. The molecule has 3 aromatic rings. The van der Waals surface area contributed by atoms with Crippen LogP contribution in [0.2, 0.25) is 0 Å². The Hall–Kier alpha value is -2.19. The fraction of sp³-hybridized carbons (Fsp3) is 0.316. The monoisotopic (exact) mass is 401 g/mol. The molecule has 1 aliphatic rings. The minimum Gasteiger partial charge on any atom is -0.288 e. The van der Waals surface area contributed by atoms with E-state index in [9.17, 15) is 13.2 Å². The summed E-state index contributed by atoms with van der Waals surface area (Å²) in [6.45, 7) is 0. The highest BCUT2D eigenvalue weighted by molar-refractivity contribution is 7.98. The summed E-state index contributed by atoms with van der Waals surface area (Å²) < 4.78 is 27.8. The predicted octanol–water partition coefficient (Wildman–Crippen LogP) is 3.46. The molecule has 27 heavy (non-hydrogen) atoms. The number of benzene rings is 1. The van der Waals surface area contributed by atoms with Gasteiger partial charge in [0.1, 0.15) is 10.5 Å². The first-order valence-corrected chi connectivity index (χ1v) is 11.5. The van der Waals surface area contributed by atoms with E-state index in [2.05, 4.69) is 9.97 Å². The number of hydrogen-bond acceptors (Lipinski definition) is 6. The molecular weight excluding hydrogens is 382 g/mol. The Kier molecular flexibility index (Phi) is 4.77. The maximum Gasteiger partial charge on any atom is 0.271 e. The Morgan fingerprint density at radius 2 is 1.85 bits per heavy atom. The Morgan fingerprint density at radius 3 is 2.52 bits per heavy atom. The highest BCUT2D eigenvalue weighted by Crippen LogP contribution is 2.32. The minimum absolute atomic E-state index is 0.0319. The van der Waals surface area contributed by atoms with E-state index in [0.717, 1.165) is 25.7 Å². The first-order valence-electron chi connectivity index (χ1n) is 8.79. The molecule has 1 saturated carbocycles. The topological polar surface area (TPSA) is 81.9 Å². The summed E-state index contributed by atoms with van der Waals surface area (Å²) >= 11 is 1.39. The zero-order valence-corrected chi connectivity index (χ0v) is 16.5. The summed E-state index contributed by atoms with van der Waals surface area (Å²) in [5.74, 6) is 0. The zero-order chi connectivity index (χ0) is 19.0. The van der Waals surface area contributed by atoms with Gasteiger partial charge in [0, 0.05) is 17.6 Å². The molecule has 4 rings (SSSR count). The molecule has 1 fully saturated rings. The second-order valence-corrected chi connectivity index (χ2v) is 9.27. The molecule has 0 bridgehead atoms. The molecule has 2 aromatic heterocycles. The van der Waals surface area contributed by atoms with Gasteiger partial charge in [-0.3, -0.25) is 9.36 Å². The molecule has 6 nitrogen and oxygen atoms in total. The second-order valence-electron chi connectivity index (χ2n) is 6.57. The van der Waals surface area contributed by atoms with Crippen molar-refractivity contribution in [2.75, 3.05) is 6.26 Å². The van der Waals surface area contributed by atoms with Gasteiger partial charge in [0.05, 0.1) is 4.90 Å². The molecule has 0 N–H and O–H groups in total. The minimum atomic E-state index is -3.92. The van der Waals surface area contributed by atoms with Gasteiger partial charge >= 0.3 is 0 Å². The molecule has 1 aliphatic carbocycles. The maximum absolute atomic E-state index is 13.3. The van der Waals surface area contributed by atoms with Gasteiger partial charge in [-0.2, -0.15) is 0 Å². The number of hydrogen-bond donors (Lipinski definition) is 0. The van der Waals surface area contributed by atoms with Gasteiger partial charge in [-0.15, -0.1) is 0 Å². The average Bonchev–Trinajstić information content (AvgIpc) is 3.21. The smallest absolute Gasteiger partial charge is 0.271 e. The third-order valence-corrected chi connectivity index (χ3v) is 7.26. The third kappa shape index (κ3) is 3.17. The van der Waals surface area contributed by atoms with Crippen molar-refractivity contribution in [1.29, 1.82) is 0 Å². The lowest BCUT2D eigenvalue weighted by atomic mass is 10.2. The normalized spacial score (nSPS) is 15.4. The lowest BCUT2D eigenvalue weighted by molar-refractivity contribution is 0.506. The molecule has 0 spiro atoms. The van der Waals surface area contributed by atoms with E-state index in [1.807, 2.05) is 6.26 Å². The fourth-order valence-electron chi connectivity index (χ4n) is 3.60. The van der Waals surface area contributed by atoms with Crippen molar-refractivity contribution in [2.24, 2.45) is 0 Å². The van der Waals surface area contributed by atoms with Crippen LogP contribution in [0.3, 0.4) is 0 Å². The van der Waals surface area contributed by atoms with E-state index >= 15 is 0 Å². The number of nitrogens with zero attached hydrogens (tertiary/aromatic N) is 3. The lowest BCUT2D eigenvalue weighted by Gasteiger charge is -2.18. The molecular formula is C19H19N3O3S2. The van der Waals surface area contributed by atoms with E-state index < -0.39 is 15.4 Å². The fourth-order valence-corrected chi connectivity index (χ4v) is 5.31. The standard InChI is InChI=1S/C19H19N3O3S2/c1-26-19-20-12-13-11-16(27(24,25)15-9-3-2-4-10-15)18(23)22(17(13)21-19)14-7-5-6-8-14/h2-4,9-12,14H,5-8H2,1H3. The van der Waals surface area contributed by atoms with Crippen molar-refractivity contribution < 1.29 is 8.42 Å². The average molecular weight is 402 g/mol. The van der Waals surface area contributed by atoms with Crippen molar-refractivity contribution in [3.8, 4) is 0 Å². The van der Waals surface area contributed by atoms with Gasteiger partial charge in [0.2, 0.25) is 9.84 Å². The number of pyridine rings is 1. The Balaban J connectivity index is 2.03. The summed E-state index contributed by atoms with van der Waals surface area (Å²) in [6.07, 6.45) is 7.21. The number of thioether (sulfide) groups is 1. The van der Waals surface area contributed by atoms with E-state index in [1.54, 1.807) is 29.0 Å². The zero-order valence-electron chi connectivity index (χ0n) is 14.8. The molecule has 0 aliphatic heterocycles. The SMILES string of the molecule is CSc1ncc2cc(S(=O)(=O)c3ccccc3)c(=O)n(C3CCCC3)c2n1. The van der Waals surface area contributed by atoms with Crippen LogP contribution >= 0.6 is 11.8 Å². The Labute approximate surface area is 161 Å². The van der Waals surface area contributed by atoms with Crippen molar-refractivity contribution in [2.45, 2.75) is 46.7 Å². The molecule has 0 saturated heterocycles. The first-order chi connectivity index (χ1) is 13.0. The summed E-state index contributed by atoms with van der Waals surface area (Å²) in [6, 6.07) is 9.44.